The molecule has 0 aromatic heterocycles. The summed E-state index contributed by atoms with van der Waals surface area (Å²) in [6.45, 7) is 0.939. The topological polar surface area (TPSA) is 118 Å². The van der Waals surface area contributed by atoms with E-state index in [1.54, 1.807) is 0 Å². The molecule has 0 radical (unpaired) electrons. The summed E-state index contributed by atoms with van der Waals surface area (Å²) in [4.78, 5) is 20.8. The van der Waals surface area contributed by atoms with Gasteiger partial charge in [0, 0.05) is 6.07 Å². The Labute approximate surface area is 157 Å². The lowest BCUT2D eigenvalue weighted by Gasteiger charge is -2.28. The monoisotopic (exact) mass is 418 g/mol. The van der Waals surface area contributed by atoms with Crippen LogP contribution in [-0.4, -0.2) is 30.5 Å². The van der Waals surface area contributed by atoms with Gasteiger partial charge in [-0.15, -0.1) is 0 Å². The first-order chi connectivity index (χ1) is 12.9. The Morgan fingerprint density at radius 2 is 1.79 bits per heavy atom. The number of carboxylic acids is 1. The van der Waals surface area contributed by atoms with Gasteiger partial charge >= 0.3 is 12.1 Å². The first kappa shape index (κ1) is 21.2. The Morgan fingerprint density at radius 1 is 1.18 bits per heavy atom. The van der Waals surface area contributed by atoms with Crippen LogP contribution in [0.4, 0.5) is 24.5 Å². The summed E-state index contributed by atoms with van der Waals surface area (Å²) in [5.41, 5.74) is -2.63. The fourth-order valence-corrected chi connectivity index (χ4v) is 4.19. The van der Waals surface area contributed by atoms with Gasteiger partial charge < -0.3 is 5.11 Å². The third kappa shape index (κ3) is 4.06. The summed E-state index contributed by atoms with van der Waals surface area (Å²) in [5, 5.41) is 20.4. The third-order valence-electron chi connectivity index (χ3n) is 3.74. The summed E-state index contributed by atoms with van der Waals surface area (Å²) in [7, 11) is -4.89. The molecule has 0 fully saturated rings. The van der Waals surface area contributed by atoms with Gasteiger partial charge in [0.25, 0.3) is 15.7 Å². The molecule has 0 bridgehead atoms. The van der Waals surface area contributed by atoms with Crippen molar-refractivity contribution < 1.29 is 36.4 Å². The highest BCUT2D eigenvalue weighted by Crippen LogP contribution is 2.35. The van der Waals surface area contributed by atoms with Crippen molar-refractivity contribution in [3.63, 3.8) is 0 Å². The van der Waals surface area contributed by atoms with Crippen molar-refractivity contribution in [1.82, 2.24) is 0 Å². The Hall–Kier alpha value is -3.15. The zero-order valence-electron chi connectivity index (χ0n) is 14.1. The molecule has 0 aliphatic rings. The molecule has 1 N–H and O–H groups in total. The van der Waals surface area contributed by atoms with Crippen LogP contribution in [0.3, 0.4) is 0 Å². The maximum absolute atomic E-state index is 13.0. The maximum Gasteiger partial charge on any atom is 0.416 e. The fourth-order valence-electron chi connectivity index (χ4n) is 2.42. The number of halogens is 3. The number of nitrogens with zero attached hydrogens (tertiary/aromatic N) is 2. The number of carbonyl (C=O) groups is 1. The van der Waals surface area contributed by atoms with Gasteiger partial charge in [-0.25, -0.2) is 13.2 Å². The molecule has 2 aromatic rings. The molecule has 150 valence electrons. The van der Waals surface area contributed by atoms with Crippen molar-refractivity contribution >= 4 is 27.4 Å². The molecule has 12 heteroatoms. The lowest BCUT2D eigenvalue weighted by Crippen LogP contribution is -2.43. The normalized spacial score (nSPS) is 13.0. The molecule has 0 aliphatic carbocycles. The Kier molecular flexibility index (Phi) is 5.64. The van der Waals surface area contributed by atoms with Crippen LogP contribution in [0.5, 0.6) is 0 Å². The minimum Gasteiger partial charge on any atom is -0.480 e. The van der Waals surface area contributed by atoms with Gasteiger partial charge in [0.15, 0.2) is 4.90 Å². The predicted molar refractivity (Wildman–Crippen MR) is 91.3 cm³/mol. The number of hydrogen-bond acceptors (Lipinski definition) is 5. The predicted octanol–water partition coefficient (Wildman–Crippen LogP) is 3.28. The average molecular weight is 418 g/mol. The van der Waals surface area contributed by atoms with E-state index in [2.05, 4.69) is 0 Å². The lowest BCUT2D eigenvalue weighted by atomic mass is 10.2. The highest BCUT2D eigenvalue weighted by atomic mass is 32.2. The van der Waals surface area contributed by atoms with Crippen molar-refractivity contribution in [3.05, 3.63) is 64.2 Å². The van der Waals surface area contributed by atoms with E-state index in [1.165, 1.54) is 12.1 Å². The third-order valence-corrected chi connectivity index (χ3v) is 5.68. The summed E-state index contributed by atoms with van der Waals surface area (Å²) >= 11 is 0. The van der Waals surface area contributed by atoms with E-state index < -0.39 is 55.0 Å². The molecule has 0 saturated carbocycles. The minimum atomic E-state index is -4.89. The van der Waals surface area contributed by atoms with Crippen LogP contribution in [-0.2, 0) is 21.0 Å². The standard InChI is InChI=1S/C16H13F3N2O6S/c1-10(15(22)23)20(12-6-4-5-11(9-12)16(17,18)19)28(26,27)14-8-3-2-7-13(14)21(24)25/h2-10H,1H3,(H,22,23). The van der Waals surface area contributed by atoms with Crippen molar-refractivity contribution in [2.45, 2.75) is 24.0 Å². The molecule has 0 saturated heterocycles. The zero-order chi connectivity index (χ0) is 21.3. The number of para-hydroxylation sites is 1. The number of aliphatic carboxylic acids is 1. The number of alkyl halides is 3. The minimum absolute atomic E-state index is 0.215. The number of nitro benzene ring substituents is 1. The van der Waals surface area contributed by atoms with Crippen molar-refractivity contribution in [3.8, 4) is 0 Å². The summed E-state index contributed by atoms with van der Waals surface area (Å²) in [6, 6.07) is 5.34. The van der Waals surface area contributed by atoms with E-state index in [-0.39, 0.29) is 4.31 Å². The van der Waals surface area contributed by atoms with Gasteiger partial charge in [0.05, 0.1) is 16.2 Å². The Balaban J connectivity index is 2.76. The van der Waals surface area contributed by atoms with Gasteiger partial charge in [0.2, 0.25) is 0 Å². The van der Waals surface area contributed by atoms with Gasteiger partial charge in [-0.2, -0.15) is 13.2 Å². The van der Waals surface area contributed by atoms with Gasteiger partial charge in [-0.3, -0.25) is 14.4 Å². The number of rotatable bonds is 6. The highest BCUT2D eigenvalue weighted by molar-refractivity contribution is 7.93. The van der Waals surface area contributed by atoms with Gasteiger partial charge in [-0.05, 0) is 31.2 Å². The number of carboxylic acid groups (broad SMARTS) is 1. The largest absolute Gasteiger partial charge is 0.480 e. The number of benzene rings is 2. The molecule has 0 amide bonds. The second kappa shape index (κ2) is 7.46. The van der Waals surface area contributed by atoms with Crippen LogP contribution in [0.25, 0.3) is 0 Å². The molecule has 1 unspecified atom stereocenters. The van der Waals surface area contributed by atoms with Crippen LogP contribution >= 0.6 is 0 Å². The van der Waals surface area contributed by atoms with Crippen LogP contribution in [0.2, 0.25) is 0 Å². The summed E-state index contributed by atoms with van der Waals surface area (Å²) < 4.78 is 65.3. The smallest absolute Gasteiger partial charge is 0.416 e. The van der Waals surface area contributed by atoms with E-state index in [9.17, 15) is 41.6 Å². The number of hydrogen-bond donors (Lipinski definition) is 1. The van der Waals surface area contributed by atoms with Crippen LogP contribution in [0.15, 0.2) is 53.4 Å². The molecule has 2 rings (SSSR count). The second-order valence-electron chi connectivity index (χ2n) is 5.59. The van der Waals surface area contributed by atoms with Crippen LogP contribution < -0.4 is 4.31 Å². The van der Waals surface area contributed by atoms with Crippen molar-refractivity contribution in [2.24, 2.45) is 0 Å². The van der Waals surface area contributed by atoms with Gasteiger partial charge in [0.1, 0.15) is 6.04 Å². The highest BCUT2D eigenvalue weighted by Gasteiger charge is 2.38. The van der Waals surface area contributed by atoms with Crippen molar-refractivity contribution in [1.29, 1.82) is 0 Å². The molecular formula is C16H13F3N2O6S. The van der Waals surface area contributed by atoms with Crippen molar-refractivity contribution in [2.75, 3.05) is 4.31 Å². The quantitative estimate of drug-likeness (QED) is 0.568. The first-order valence-corrected chi connectivity index (χ1v) is 8.99. The molecule has 28 heavy (non-hydrogen) atoms. The van der Waals surface area contributed by atoms with E-state index in [0.717, 1.165) is 31.2 Å². The van der Waals surface area contributed by atoms with E-state index in [4.69, 9.17) is 0 Å². The SMILES string of the molecule is CC(C(=O)O)N(c1cccc(C(F)(F)F)c1)S(=O)(=O)c1ccccc1[N+](=O)[O-]. The Bertz CT molecular complexity index is 1020. The number of nitro groups is 1. The molecular weight excluding hydrogens is 405 g/mol. The molecule has 0 heterocycles. The number of anilines is 1. The van der Waals surface area contributed by atoms with Gasteiger partial charge in [-0.1, -0.05) is 18.2 Å². The maximum atomic E-state index is 13.0. The molecule has 0 spiro atoms. The Morgan fingerprint density at radius 3 is 2.32 bits per heavy atom. The summed E-state index contributed by atoms with van der Waals surface area (Å²) in [5.74, 6) is -1.65. The fraction of sp³-hybridized carbons (Fsp3) is 0.188. The molecule has 2 aromatic carbocycles. The molecule has 8 nitrogen and oxygen atoms in total. The van der Waals surface area contributed by atoms with Crippen LogP contribution in [0, 0.1) is 10.1 Å². The summed E-state index contributed by atoms with van der Waals surface area (Å²) in [6.07, 6.45) is -4.81. The van der Waals surface area contributed by atoms with E-state index >= 15 is 0 Å². The van der Waals surface area contributed by atoms with E-state index in [0.29, 0.717) is 12.1 Å². The first-order valence-electron chi connectivity index (χ1n) is 7.55. The molecule has 0 aliphatic heterocycles. The lowest BCUT2D eigenvalue weighted by molar-refractivity contribution is -0.387. The van der Waals surface area contributed by atoms with Crippen LogP contribution in [0.1, 0.15) is 12.5 Å². The molecule has 1 atom stereocenters. The second-order valence-corrected chi connectivity index (χ2v) is 7.37. The zero-order valence-corrected chi connectivity index (χ0v) is 14.9. The average Bonchev–Trinajstić information content (AvgIpc) is 2.61. The number of sulfonamides is 1. The van der Waals surface area contributed by atoms with E-state index in [1.807, 2.05) is 0 Å².